The van der Waals surface area contributed by atoms with Gasteiger partial charge in [0.15, 0.2) is 0 Å². The zero-order valence-electron chi connectivity index (χ0n) is 22.2. The van der Waals surface area contributed by atoms with Crippen molar-refractivity contribution in [3.8, 4) is 17.2 Å². The Morgan fingerprint density at radius 1 is 0.947 bits per heavy atom. The monoisotopic (exact) mass is 506 g/mol. The van der Waals surface area contributed by atoms with Crippen LogP contribution in [-0.4, -0.2) is 37.6 Å². The maximum absolute atomic E-state index is 12.9. The highest BCUT2D eigenvalue weighted by Crippen LogP contribution is 2.44. The lowest BCUT2D eigenvalue weighted by atomic mass is 9.77. The fourth-order valence-corrected chi connectivity index (χ4v) is 4.89. The summed E-state index contributed by atoms with van der Waals surface area (Å²) < 4.78 is 18.2. The van der Waals surface area contributed by atoms with E-state index in [0.29, 0.717) is 5.56 Å². The third-order valence-electron chi connectivity index (χ3n) is 7.73. The largest absolute Gasteiger partial charge is 0.492 e. The number of carbonyl (C=O) groups excluding carboxylic acids is 1. The molecule has 1 N–H and O–H groups in total. The van der Waals surface area contributed by atoms with E-state index in [1.54, 1.807) is 12.1 Å². The summed E-state index contributed by atoms with van der Waals surface area (Å²) in [5.74, 6) is -0.00934. The van der Waals surface area contributed by atoms with Crippen molar-refractivity contribution < 1.29 is 18.8 Å². The van der Waals surface area contributed by atoms with Crippen LogP contribution >= 0.6 is 0 Å². The number of ether oxygens (including phenoxy) is 1. The van der Waals surface area contributed by atoms with Gasteiger partial charge in [0.2, 0.25) is 0 Å². The molecule has 0 bridgehead atoms. The van der Waals surface area contributed by atoms with Gasteiger partial charge in [0.05, 0.1) is 22.8 Å². The molecule has 0 spiro atoms. The van der Waals surface area contributed by atoms with Crippen molar-refractivity contribution in [3.05, 3.63) is 101 Å². The van der Waals surface area contributed by atoms with E-state index in [2.05, 4.69) is 35.7 Å². The third-order valence-corrected chi connectivity index (χ3v) is 7.73. The zero-order valence-corrected chi connectivity index (χ0v) is 22.2. The molecule has 3 aromatic carbocycles. The Bertz CT molecular complexity index is 1360. The second kappa shape index (κ2) is 10.1. The normalized spacial score (nSPS) is 17.4. The molecule has 0 radical (unpaired) electrons. The van der Waals surface area contributed by atoms with Crippen molar-refractivity contribution in [2.75, 3.05) is 13.2 Å². The lowest BCUT2D eigenvalue weighted by Gasteiger charge is -2.32. The summed E-state index contributed by atoms with van der Waals surface area (Å²) >= 11 is 0. The van der Waals surface area contributed by atoms with Gasteiger partial charge in [-0.1, -0.05) is 66.7 Å². The molecular formula is C31H31BN2O4. The van der Waals surface area contributed by atoms with Crippen molar-refractivity contribution in [1.82, 2.24) is 5.32 Å². The second-order valence-corrected chi connectivity index (χ2v) is 10.7. The number of alkyl carbamates (subject to hydrolysis) is 1. The van der Waals surface area contributed by atoms with Crippen LogP contribution in [0.3, 0.4) is 0 Å². The summed E-state index contributed by atoms with van der Waals surface area (Å²) in [5, 5.41) is 12.0. The number of hydrogen-bond donors (Lipinski definition) is 1. The molecule has 192 valence electrons. The number of nitrogens with one attached hydrogen (secondary N) is 1. The van der Waals surface area contributed by atoms with E-state index in [1.807, 2.05) is 70.2 Å². The van der Waals surface area contributed by atoms with Gasteiger partial charge >= 0.3 is 13.2 Å². The van der Waals surface area contributed by atoms with Gasteiger partial charge in [0.1, 0.15) is 6.61 Å². The lowest BCUT2D eigenvalue weighted by Crippen LogP contribution is -2.41. The van der Waals surface area contributed by atoms with E-state index in [-0.39, 0.29) is 19.1 Å². The quantitative estimate of drug-likeness (QED) is 0.408. The Balaban J connectivity index is 1.29. The van der Waals surface area contributed by atoms with Gasteiger partial charge in [-0.05, 0) is 73.1 Å². The van der Waals surface area contributed by atoms with Crippen LogP contribution in [0.25, 0.3) is 17.2 Å². The zero-order chi connectivity index (χ0) is 26.9. The van der Waals surface area contributed by atoms with Gasteiger partial charge in [-0.15, -0.1) is 0 Å². The molecule has 7 heteroatoms. The van der Waals surface area contributed by atoms with Crippen LogP contribution in [0, 0.1) is 11.3 Å². The molecule has 6 nitrogen and oxygen atoms in total. The van der Waals surface area contributed by atoms with Gasteiger partial charge in [0, 0.05) is 12.5 Å². The molecule has 1 amide bonds. The Morgan fingerprint density at radius 2 is 1.50 bits per heavy atom. The third kappa shape index (κ3) is 4.98. The molecule has 1 fully saturated rings. The molecule has 0 aromatic heterocycles. The van der Waals surface area contributed by atoms with E-state index in [0.717, 1.165) is 11.0 Å². The Morgan fingerprint density at radius 3 is 2.05 bits per heavy atom. The lowest BCUT2D eigenvalue weighted by molar-refractivity contribution is 0.00578. The number of nitrogens with zero attached hydrogens (tertiary/aromatic N) is 1. The Kier molecular flexibility index (Phi) is 6.87. The number of carbonyl (C=O) groups is 1. The van der Waals surface area contributed by atoms with Crippen LogP contribution in [0.5, 0.6) is 0 Å². The fourth-order valence-electron chi connectivity index (χ4n) is 4.89. The highest BCUT2D eigenvalue weighted by molar-refractivity contribution is 6.56. The molecule has 0 unspecified atom stereocenters. The maximum Gasteiger partial charge on any atom is 0.492 e. The van der Waals surface area contributed by atoms with E-state index in [1.165, 1.54) is 22.3 Å². The minimum absolute atomic E-state index is 0.00934. The van der Waals surface area contributed by atoms with Gasteiger partial charge < -0.3 is 19.4 Å². The number of fused-ring (bicyclic) bond motifs is 3. The smallest absolute Gasteiger partial charge is 0.449 e. The second-order valence-electron chi connectivity index (χ2n) is 10.7. The molecule has 5 rings (SSSR count). The first-order valence-electron chi connectivity index (χ1n) is 12.8. The Hall–Kier alpha value is -3.86. The molecule has 0 atom stereocenters. The van der Waals surface area contributed by atoms with Crippen LogP contribution in [0.15, 0.2) is 78.3 Å². The van der Waals surface area contributed by atoms with Crippen LogP contribution in [0.1, 0.15) is 55.9 Å². The molecule has 38 heavy (non-hydrogen) atoms. The predicted octanol–water partition coefficient (Wildman–Crippen LogP) is 6.11. The van der Waals surface area contributed by atoms with Gasteiger partial charge in [-0.3, -0.25) is 0 Å². The fraction of sp³-hybridized carbons (Fsp3) is 0.290. The van der Waals surface area contributed by atoms with E-state index in [9.17, 15) is 4.79 Å². The summed E-state index contributed by atoms with van der Waals surface area (Å²) in [5.41, 5.74) is 5.87. The standard InChI is InChI=1S/C31H31BN2O4/c1-30(2)31(3,4)38-32(37-30)23(17-21-13-15-22(18-33)16-14-21)19-34-29(35)36-20-28-26-11-7-5-9-24(26)25-10-6-8-12-27(25)28/h5-17,28H,19-20H2,1-4H3,(H,34,35). The van der Waals surface area contributed by atoms with Crippen molar-refractivity contribution in [2.45, 2.75) is 44.8 Å². The van der Waals surface area contributed by atoms with Gasteiger partial charge in [-0.2, -0.15) is 5.26 Å². The summed E-state index contributed by atoms with van der Waals surface area (Å²) in [6, 6.07) is 25.9. The molecule has 1 aliphatic carbocycles. The average Bonchev–Trinajstić information content (AvgIpc) is 3.34. The van der Waals surface area contributed by atoms with Crippen molar-refractivity contribution >= 4 is 19.3 Å². The van der Waals surface area contributed by atoms with Crippen LogP contribution in [-0.2, 0) is 14.0 Å². The first-order valence-corrected chi connectivity index (χ1v) is 12.8. The van der Waals surface area contributed by atoms with E-state index < -0.39 is 24.4 Å². The molecule has 1 saturated heterocycles. The average molecular weight is 506 g/mol. The maximum atomic E-state index is 12.9. The van der Waals surface area contributed by atoms with Crippen molar-refractivity contribution in [3.63, 3.8) is 0 Å². The summed E-state index contributed by atoms with van der Waals surface area (Å²) in [6.45, 7) is 8.39. The number of hydrogen-bond acceptors (Lipinski definition) is 5. The van der Waals surface area contributed by atoms with Crippen LogP contribution in [0.2, 0.25) is 0 Å². The minimum atomic E-state index is -0.635. The molecule has 2 aliphatic rings. The molecule has 1 heterocycles. The highest BCUT2D eigenvalue weighted by Gasteiger charge is 2.52. The summed E-state index contributed by atoms with van der Waals surface area (Å²) in [6.07, 6.45) is 1.42. The highest BCUT2D eigenvalue weighted by atomic mass is 16.7. The molecule has 1 aliphatic heterocycles. The van der Waals surface area contributed by atoms with Crippen LogP contribution in [0.4, 0.5) is 4.79 Å². The van der Waals surface area contributed by atoms with Gasteiger partial charge in [0.25, 0.3) is 0 Å². The summed E-state index contributed by atoms with van der Waals surface area (Å²) in [7, 11) is -0.635. The first-order chi connectivity index (χ1) is 18.2. The van der Waals surface area contributed by atoms with Crippen LogP contribution < -0.4 is 5.32 Å². The SMILES string of the molecule is CC1(C)OB(C(=Cc2ccc(C#N)cc2)CNC(=O)OCC2c3ccccc3-c3ccccc32)OC1(C)C. The number of rotatable bonds is 6. The minimum Gasteiger partial charge on any atom is -0.449 e. The number of amides is 1. The first kappa shape index (κ1) is 25.8. The summed E-state index contributed by atoms with van der Waals surface area (Å²) in [4.78, 5) is 12.9. The topological polar surface area (TPSA) is 80.6 Å². The van der Waals surface area contributed by atoms with E-state index in [4.69, 9.17) is 19.3 Å². The predicted molar refractivity (Wildman–Crippen MR) is 148 cm³/mol. The van der Waals surface area contributed by atoms with Crippen molar-refractivity contribution in [1.29, 1.82) is 5.26 Å². The molecular weight excluding hydrogens is 475 g/mol. The van der Waals surface area contributed by atoms with E-state index >= 15 is 0 Å². The molecule has 3 aromatic rings. The van der Waals surface area contributed by atoms with Crippen molar-refractivity contribution in [2.24, 2.45) is 0 Å². The molecule has 0 saturated carbocycles. The number of benzene rings is 3. The number of nitriles is 1. The van der Waals surface area contributed by atoms with Gasteiger partial charge in [-0.25, -0.2) is 4.79 Å². The Labute approximate surface area is 224 Å².